The second-order valence-corrected chi connectivity index (χ2v) is 8.31. The number of benzene rings is 1. The zero-order valence-electron chi connectivity index (χ0n) is 17.7. The molecule has 2 rings (SSSR count). The van der Waals surface area contributed by atoms with Crippen molar-refractivity contribution in [3.8, 4) is 0 Å². The van der Waals surface area contributed by atoms with Crippen molar-refractivity contribution in [2.75, 3.05) is 25.0 Å². The smallest absolute Gasteiger partial charge is 0.410 e. The highest BCUT2D eigenvalue weighted by atomic mass is 35.5. The van der Waals surface area contributed by atoms with Crippen molar-refractivity contribution in [2.45, 2.75) is 39.3 Å². The fraction of sp³-hybridized carbons (Fsp3) is 0.500. The van der Waals surface area contributed by atoms with Gasteiger partial charge in [-0.3, -0.25) is 14.4 Å². The Kier molecular flexibility index (Phi) is 7.83. The number of ether oxygens (including phenoxy) is 2. The summed E-state index contributed by atoms with van der Waals surface area (Å²) in [5, 5.41) is 4.56. The van der Waals surface area contributed by atoms with Crippen LogP contribution < -0.4 is 10.6 Å². The van der Waals surface area contributed by atoms with Crippen LogP contribution in [0.3, 0.4) is 0 Å². The Hall–Kier alpha value is -2.88. The molecule has 1 aliphatic heterocycles. The Morgan fingerprint density at radius 2 is 1.87 bits per heavy atom. The summed E-state index contributed by atoms with van der Waals surface area (Å²) in [4.78, 5) is 50.5. The lowest BCUT2D eigenvalue weighted by atomic mass is 10.0. The molecule has 170 valence electrons. The summed E-state index contributed by atoms with van der Waals surface area (Å²) in [6.07, 6.45) is -0.653. The van der Waals surface area contributed by atoms with Gasteiger partial charge in [0.15, 0.2) is 0 Å². The first-order valence-corrected chi connectivity index (χ1v) is 10.0. The highest BCUT2D eigenvalue weighted by molar-refractivity contribution is 6.39. The normalized spacial score (nSPS) is 18.3. The van der Waals surface area contributed by atoms with E-state index in [1.54, 1.807) is 27.7 Å². The second-order valence-electron chi connectivity index (χ2n) is 7.91. The van der Waals surface area contributed by atoms with E-state index < -0.39 is 47.3 Å². The van der Waals surface area contributed by atoms with Crippen LogP contribution in [0.1, 0.15) is 27.7 Å². The van der Waals surface area contributed by atoms with Crippen molar-refractivity contribution < 1.29 is 33.0 Å². The fourth-order valence-electron chi connectivity index (χ4n) is 2.91. The van der Waals surface area contributed by atoms with Crippen molar-refractivity contribution in [1.29, 1.82) is 0 Å². The largest absolute Gasteiger partial charge is 0.466 e. The summed E-state index contributed by atoms with van der Waals surface area (Å²) in [5.74, 6) is -4.37. The fourth-order valence-corrected chi connectivity index (χ4v) is 3.03. The Morgan fingerprint density at radius 3 is 2.45 bits per heavy atom. The summed E-state index contributed by atoms with van der Waals surface area (Å²) in [6, 6.07) is 2.66. The number of halogens is 2. The van der Waals surface area contributed by atoms with Gasteiger partial charge in [0.05, 0.1) is 23.6 Å². The highest BCUT2D eigenvalue weighted by Gasteiger charge is 2.43. The number of rotatable bonds is 4. The third-order valence-corrected chi connectivity index (χ3v) is 4.57. The summed E-state index contributed by atoms with van der Waals surface area (Å²) in [5.41, 5.74) is -0.711. The maximum atomic E-state index is 13.5. The van der Waals surface area contributed by atoms with Crippen LogP contribution in [0.2, 0.25) is 5.02 Å². The van der Waals surface area contributed by atoms with Crippen LogP contribution in [0.5, 0.6) is 0 Å². The predicted octanol–water partition coefficient (Wildman–Crippen LogP) is 2.33. The van der Waals surface area contributed by atoms with Crippen molar-refractivity contribution in [2.24, 2.45) is 5.92 Å². The number of nitrogens with zero attached hydrogens (tertiary/aromatic N) is 1. The Bertz CT molecular complexity index is 873. The Balaban J connectivity index is 2.08. The number of hydrogen-bond acceptors (Lipinski definition) is 6. The quantitative estimate of drug-likeness (QED) is 0.530. The molecule has 2 unspecified atom stereocenters. The first kappa shape index (κ1) is 24.4. The van der Waals surface area contributed by atoms with Crippen LogP contribution in [-0.4, -0.2) is 60.1 Å². The zero-order valence-corrected chi connectivity index (χ0v) is 18.4. The number of carbonyl (C=O) groups is 4. The van der Waals surface area contributed by atoms with E-state index >= 15 is 0 Å². The van der Waals surface area contributed by atoms with Gasteiger partial charge in [-0.1, -0.05) is 11.6 Å². The Morgan fingerprint density at radius 1 is 1.19 bits per heavy atom. The van der Waals surface area contributed by atoms with Crippen LogP contribution in [0, 0.1) is 11.7 Å². The third kappa shape index (κ3) is 6.81. The first-order valence-electron chi connectivity index (χ1n) is 9.62. The molecule has 0 aliphatic carbocycles. The van der Waals surface area contributed by atoms with E-state index in [4.69, 9.17) is 21.1 Å². The Labute approximate surface area is 184 Å². The average molecular weight is 458 g/mol. The first-order chi connectivity index (χ1) is 14.4. The average Bonchev–Trinajstić information content (AvgIpc) is 3.07. The summed E-state index contributed by atoms with van der Waals surface area (Å²) >= 11 is 5.59. The van der Waals surface area contributed by atoms with E-state index in [0.29, 0.717) is 0 Å². The molecule has 11 heteroatoms. The van der Waals surface area contributed by atoms with Gasteiger partial charge in [0.25, 0.3) is 0 Å². The number of esters is 1. The van der Waals surface area contributed by atoms with Crippen LogP contribution in [0.25, 0.3) is 0 Å². The number of carbonyl (C=O) groups excluding carboxylic acids is 4. The lowest BCUT2D eigenvalue weighted by molar-refractivity contribution is -0.148. The molecular formula is C20H25ClFN3O6. The zero-order chi connectivity index (χ0) is 23.3. The van der Waals surface area contributed by atoms with Crippen LogP contribution >= 0.6 is 11.6 Å². The van der Waals surface area contributed by atoms with Gasteiger partial charge in [0, 0.05) is 18.8 Å². The molecule has 1 heterocycles. The van der Waals surface area contributed by atoms with E-state index in [1.165, 1.54) is 17.0 Å². The second kappa shape index (κ2) is 9.95. The monoisotopic (exact) mass is 457 g/mol. The van der Waals surface area contributed by atoms with Crippen LogP contribution in [0.4, 0.5) is 14.9 Å². The van der Waals surface area contributed by atoms with E-state index in [9.17, 15) is 23.6 Å². The van der Waals surface area contributed by atoms with E-state index in [0.717, 1.165) is 6.07 Å². The summed E-state index contributed by atoms with van der Waals surface area (Å²) in [7, 11) is 0. The third-order valence-electron chi connectivity index (χ3n) is 4.26. The lowest BCUT2D eigenvalue weighted by Gasteiger charge is -2.24. The van der Waals surface area contributed by atoms with Gasteiger partial charge in [-0.05, 0) is 45.9 Å². The molecule has 0 aromatic heterocycles. The van der Waals surface area contributed by atoms with Gasteiger partial charge >= 0.3 is 23.9 Å². The van der Waals surface area contributed by atoms with Crippen molar-refractivity contribution in [3.05, 3.63) is 29.0 Å². The topological polar surface area (TPSA) is 114 Å². The molecule has 1 aromatic rings. The van der Waals surface area contributed by atoms with E-state index in [1.807, 2.05) is 0 Å². The lowest BCUT2D eigenvalue weighted by Crippen LogP contribution is -2.47. The molecular weight excluding hydrogens is 433 g/mol. The van der Waals surface area contributed by atoms with Gasteiger partial charge in [-0.2, -0.15) is 0 Å². The minimum Gasteiger partial charge on any atom is -0.466 e. The molecule has 9 nitrogen and oxygen atoms in total. The van der Waals surface area contributed by atoms with Gasteiger partial charge in [-0.25, -0.2) is 9.18 Å². The van der Waals surface area contributed by atoms with Crippen LogP contribution in [-0.2, 0) is 23.9 Å². The summed E-state index contributed by atoms with van der Waals surface area (Å²) < 4.78 is 23.9. The van der Waals surface area contributed by atoms with Crippen molar-refractivity contribution in [1.82, 2.24) is 10.2 Å². The summed E-state index contributed by atoms with van der Waals surface area (Å²) in [6.45, 7) is 6.76. The minimum atomic E-state index is -1.07. The van der Waals surface area contributed by atoms with E-state index in [2.05, 4.69) is 10.6 Å². The minimum absolute atomic E-state index is 0.0331. The molecule has 0 radical (unpaired) electrons. The van der Waals surface area contributed by atoms with E-state index in [-0.39, 0.29) is 30.4 Å². The molecule has 31 heavy (non-hydrogen) atoms. The number of likely N-dealkylation sites (tertiary alicyclic amines) is 1. The van der Waals surface area contributed by atoms with Crippen molar-refractivity contribution in [3.63, 3.8) is 0 Å². The maximum absolute atomic E-state index is 13.5. The molecule has 0 spiro atoms. The molecule has 2 atom stereocenters. The number of nitrogens with one attached hydrogen (secondary N) is 2. The van der Waals surface area contributed by atoms with Crippen LogP contribution in [0.15, 0.2) is 18.2 Å². The van der Waals surface area contributed by atoms with Gasteiger partial charge < -0.3 is 25.0 Å². The van der Waals surface area contributed by atoms with Gasteiger partial charge in [-0.15, -0.1) is 0 Å². The molecule has 1 fully saturated rings. The SMILES string of the molecule is CCOC(=O)C1CN(C(=O)OC(C)(C)C)CC1NC(=O)C(=O)Nc1ccc(Cl)c(F)c1. The molecule has 0 bridgehead atoms. The predicted molar refractivity (Wildman–Crippen MR) is 110 cm³/mol. The maximum Gasteiger partial charge on any atom is 0.410 e. The number of hydrogen-bond donors (Lipinski definition) is 2. The number of anilines is 1. The molecule has 0 saturated carbocycles. The van der Waals surface area contributed by atoms with Crippen molar-refractivity contribution >= 4 is 41.2 Å². The van der Waals surface area contributed by atoms with Gasteiger partial charge in [0.1, 0.15) is 11.4 Å². The van der Waals surface area contributed by atoms with Gasteiger partial charge in [0.2, 0.25) is 0 Å². The highest BCUT2D eigenvalue weighted by Crippen LogP contribution is 2.22. The number of amides is 3. The molecule has 1 saturated heterocycles. The molecule has 3 amide bonds. The standard InChI is InChI=1S/C20H25ClFN3O6/c1-5-30-18(28)12-9-25(19(29)31-20(2,3)4)10-15(12)24-17(27)16(26)23-11-6-7-13(21)14(22)8-11/h6-8,12,15H,5,9-10H2,1-4H3,(H,23,26)(H,24,27). The molecule has 1 aliphatic rings. The molecule has 1 aromatic carbocycles. The molecule has 2 N–H and O–H groups in total.